The second kappa shape index (κ2) is 3.88. The van der Waals surface area contributed by atoms with E-state index in [-0.39, 0.29) is 11.5 Å². The first-order valence-corrected chi connectivity index (χ1v) is 3.71. The summed E-state index contributed by atoms with van der Waals surface area (Å²) in [6, 6.07) is 7.03. The molecule has 0 amide bonds. The maximum atomic E-state index is 10.0. The molecular formula is C7H7NO2S. The van der Waals surface area contributed by atoms with Gasteiger partial charge in [0.05, 0.1) is 12.8 Å². The van der Waals surface area contributed by atoms with Crippen molar-refractivity contribution >= 4 is 17.2 Å². The first kappa shape index (κ1) is 7.94. The third-order valence-electron chi connectivity index (χ3n) is 1.20. The third-order valence-corrected chi connectivity index (χ3v) is 1.48. The van der Waals surface area contributed by atoms with E-state index in [1.54, 1.807) is 31.4 Å². The Morgan fingerprint density at radius 2 is 2.36 bits per heavy atom. The number of nitrogens with zero attached hydrogens (tertiary/aromatic N) is 1. The first-order valence-electron chi connectivity index (χ1n) is 3.01. The molecule has 1 aromatic rings. The molecule has 1 rings (SSSR count). The monoisotopic (exact) mass is 169 g/mol. The number of rotatable bonds is 2. The van der Waals surface area contributed by atoms with Crippen LogP contribution in [0.1, 0.15) is 0 Å². The third kappa shape index (κ3) is 2.16. The molecular weight excluding hydrogens is 162 g/mol. The fourth-order valence-electron chi connectivity index (χ4n) is 0.710. The molecule has 11 heavy (non-hydrogen) atoms. The minimum Gasteiger partial charge on any atom is -0.497 e. The topological polar surface area (TPSA) is 38.7 Å². The van der Waals surface area contributed by atoms with Gasteiger partial charge in [-0.3, -0.25) is 0 Å². The lowest BCUT2D eigenvalue weighted by Crippen LogP contribution is -1.79. The molecule has 58 valence electrons. The highest BCUT2D eigenvalue weighted by molar-refractivity contribution is 7.54. The molecule has 0 unspecified atom stereocenters. The molecule has 0 saturated heterocycles. The lowest BCUT2D eigenvalue weighted by Gasteiger charge is -1.97. The van der Waals surface area contributed by atoms with Crippen LogP contribution in [0, 0.1) is 0 Å². The van der Waals surface area contributed by atoms with Crippen LogP contribution < -0.4 is 4.74 Å². The number of hydrogen-bond acceptors (Lipinski definition) is 3. The van der Waals surface area contributed by atoms with Crippen LogP contribution >= 0.6 is 0 Å². The van der Waals surface area contributed by atoms with Crippen LogP contribution in [-0.2, 0) is 11.5 Å². The summed E-state index contributed by atoms with van der Waals surface area (Å²) in [6.45, 7) is 0. The Morgan fingerprint density at radius 1 is 1.55 bits per heavy atom. The Labute approximate surface area is 68.3 Å². The molecule has 0 heterocycles. The molecule has 0 aliphatic carbocycles. The van der Waals surface area contributed by atoms with Crippen molar-refractivity contribution in [3.8, 4) is 5.75 Å². The van der Waals surface area contributed by atoms with Crippen molar-refractivity contribution in [1.82, 2.24) is 0 Å². The van der Waals surface area contributed by atoms with Gasteiger partial charge in [-0.25, -0.2) is 0 Å². The lowest BCUT2D eigenvalue weighted by atomic mass is 10.3. The van der Waals surface area contributed by atoms with Gasteiger partial charge in [-0.2, -0.15) is 8.57 Å². The van der Waals surface area contributed by atoms with Crippen LogP contribution in [0.2, 0.25) is 0 Å². The molecule has 0 aliphatic rings. The van der Waals surface area contributed by atoms with Crippen molar-refractivity contribution in [2.24, 2.45) is 4.36 Å². The van der Waals surface area contributed by atoms with Gasteiger partial charge in [0.15, 0.2) is 0 Å². The summed E-state index contributed by atoms with van der Waals surface area (Å²) in [4.78, 5) is 0. The zero-order valence-corrected chi connectivity index (χ0v) is 6.80. The van der Waals surface area contributed by atoms with Gasteiger partial charge in [0.2, 0.25) is 11.5 Å². The first-order chi connectivity index (χ1) is 5.36. The molecule has 3 nitrogen and oxygen atoms in total. The standard InChI is InChI=1S/C7H7NO2S/c1-10-7-4-2-3-6(5-7)8-11-9/h2-5H,1H3. The van der Waals surface area contributed by atoms with Gasteiger partial charge in [-0.1, -0.05) is 6.07 Å². The number of ether oxygens (including phenoxy) is 1. The summed E-state index contributed by atoms with van der Waals surface area (Å²) in [5, 5.41) is 0. The Bertz CT molecular complexity index is 294. The molecule has 0 aliphatic heterocycles. The van der Waals surface area contributed by atoms with Gasteiger partial charge in [-0.05, 0) is 12.1 Å². The highest BCUT2D eigenvalue weighted by Gasteiger charge is 1.91. The van der Waals surface area contributed by atoms with Gasteiger partial charge < -0.3 is 4.74 Å². The quantitative estimate of drug-likeness (QED) is 0.676. The SMILES string of the molecule is COc1cccc(N=S=O)c1. The van der Waals surface area contributed by atoms with Gasteiger partial charge >= 0.3 is 0 Å². The molecule has 0 radical (unpaired) electrons. The van der Waals surface area contributed by atoms with Crippen LogP contribution in [0.15, 0.2) is 28.6 Å². The fourth-order valence-corrected chi connectivity index (χ4v) is 0.910. The smallest absolute Gasteiger partial charge is 0.205 e. The predicted molar refractivity (Wildman–Crippen MR) is 43.2 cm³/mol. The van der Waals surface area contributed by atoms with Crippen LogP contribution in [0.25, 0.3) is 0 Å². The largest absolute Gasteiger partial charge is 0.497 e. The van der Waals surface area contributed by atoms with Gasteiger partial charge in [-0.15, -0.1) is 0 Å². The molecule has 0 aromatic heterocycles. The Hall–Kier alpha value is -1.16. The lowest BCUT2D eigenvalue weighted by molar-refractivity contribution is 0.415. The zero-order valence-electron chi connectivity index (χ0n) is 5.98. The van der Waals surface area contributed by atoms with Crippen molar-refractivity contribution in [3.05, 3.63) is 24.3 Å². The summed E-state index contributed by atoms with van der Waals surface area (Å²) in [5.74, 6) is 0.709. The van der Waals surface area contributed by atoms with E-state index < -0.39 is 0 Å². The van der Waals surface area contributed by atoms with E-state index in [9.17, 15) is 4.21 Å². The number of hydrogen-bond donors (Lipinski definition) is 0. The highest BCUT2D eigenvalue weighted by atomic mass is 32.1. The molecule has 0 spiro atoms. The van der Waals surface area contributed by atoms with Crippen LogP contribution in [-0.4, -0.2) is 11.3 Å². The number of benzene rings is 1. The predicted octanol–water partition coefficient (Wildman–Crippen LogP) is 1.72. The molecule has 0 saturated carbocycles. The van der Waals surface area contributed by atoms with Crippen molar-refractivity contribution < 1.29 is 8.95 Å². The second-order valence-corrected chi connectivity index (χ2v) is 2.20. The van der Waals surface area contributed by atoms with Gasteiger partial charge in [0, 0.05) is 6.07 Å². The van der Waals surface area contributed by atoms with E-state index in [2.05, 4.69) is 4.36 Å². The average Bonchev–Trinajstić information content (AvgIpc) is 2.06. The Balaban J connectivity index is 3.00. The van der Waals surface area contributed by atoms with Crippen LogP contribution in [0.4, 0.5) is 5.69 Å². The van der Waals surface area contributed by atoms with Crippen molar-refractivity contribution in [1.29, 1.82) is 0 Å². The van der Waals surface area contributed by atoms with Crippen molar-refractivity contribution in [2.75, 3.05) is 7.11 Å². The average molecular weight is 169 g/mol. The zero-order chi connectivity index (χ0) is 8.10. The molecule has 0 atom stereocenters. The summed E-state index contributed by atoms with van der Waals surface area (Å²) in [7, 11) is 1.57. The second-order valence-electron chi connectivity index (χ2n) is 1.87. The van der Waals surface area contributed by atoms with E-state index >= 15 is 0 Å². The summed E-state index contributed by atoms with van der Waals surface area (Å²) < 4.78 is 18.5. The summed E-state index contributed by atoms with van der Waals surface area (Å²) >= 11 is 0.193. The van der Waals surface area contributed by atoms with E-state index in [1.165, 1.54) is 0 Å². The maximum absolute atomic E-state index is 10.0. The highest BCUT2D eigenvalue weighted by Crippen LogP contribution is 2.18. The maximum Gasteiger partial charge on any atom is 0.205 e. The summed E-state index contributed by atoms with van der Waals surface area (Å²) in [5.41, 5.74) is 0.629. The summed E-state index contributed by atoms with van der Waals surface area (Å²) in [6.07, 6.45) is 0. The minimum atomic E-state index is 0.193. The minimum absolute atomic E-state index is 0.193. The van der Waals surface area contributed by atoms with Crippen LogP contribution in [0.5, 0.6) is 5.75 Å². The Morgan fingerprint density at radius 3 is 3.00 bits per heavy atom. The molecule has 0 fully saturated rings. The van der Waals surface area contributed by atoms with E-state index in [0.717, 1.165) is 0 Å². The molecule has 0 bridgehead atoms. The Kier molecular flexibility index (Phi) is 2.80. The fraction of sp³-hybridized carbons (Fsp3) is 0.143. The van der Waals surface area contributed by atoms with E-state index in [1.807, 2.05) is 0 Å². The van der Waals surface area contributed by atoms with E-state index in [4.69, 9.17) is 4.74 Å². The van der Waals surface area contributed by atoms with E-state index in [0.29, 0.717) is 11.4 Å². The van der Waals surface area contributed by atoms with Gasteiger partial charge in [0.25, 0.3) is 0 Å². The van der Waals surface area contributed by atoms with Crippen molar-refractivity contribution in [2.45, 2.75) is 0 Å². The molecule has 1 aromatic carbocycles. The number of methoxy groups -OCH3 is 1. The molecule has 4 heteroatoms. The van der Waals surface area contributed by atoms with Crippen molar-refractivity contribution in [3.63, 3.8) is 0 Å². The normalized spacial score (nSPS) is 8.82. The van der Waals surface area contributed by atoms with Gasteiger partial charge in [0.1, 0.15) is 5.75 Å². The van der Waals surface area contributed by atoms with Crippen LogP contribution in [0.3, 0.4) is 0 Å². The molecule has 0 N–H and O–H groups in total.